The van der Waals surface area contributed by atoms with Gasteiger partial charge in [-0.1, -0.05) is 30.7 Å². The van der Waals surface area contributed by atoms with Crippen molar-refractivity contribution in [2.45, 2.75) is 57.2 Å². The summed E-state index contributed by atoms with van der Waals surface area (Å²) in [6, 6.07) is 6.38. The number of carbonyl (C=O) groups is 4. The van der Waals surface area contributed by atoms with Gasteiger partial charge >= 0.3 is 12.0 Å². The molecule has 9 heteroatoms. The molecule has 4 amide bonds. The molecule has 0 saturated carbocycles. The first-order chi connectivity index (χ1) is 14.9. The van der Waals surface area contributed by atoms with Crippen molar-refractivity contribution < 1.29 is 24.3 Å². The summed E-state index contributed by atoms with van der Waals surface area (Å²) in [5.41, 5.74) is 2.21. The fraction of sp³-hybridized carbons (Fsp3) is 0.545. The molecule has 2 heterocycles. The molecule has 0 unspecified atom stereocenters. The highest BCUT2D eigenvalue weighted by atomic mass is 32.2. The van der Waals surface area contributed by atoms with Gasteiger partial charge in [0.05, 0.1) is 0 Å². The molecule has 1 saturated heterocycles. The van der Waals surface area contributed by atoms with Crippen LogP contribution in [-0.2, 0) is 27.3 Å². The van der Waals surface area contributed by atoms with Gasteiger partial charge in [-0.25, -0.2) is 9.59 Å². The number of rotatable bonds is 11. The number of hydrogen-bond donors (Lipinski definition) is 2. The number of nitrogens with one attached hydrogen (secondary N) is 1. The standard InChI is InChI=1S/C22H29N3O5S/c1-31-12-10-17(21(28)29)23-19(26)9-3-2-6-11-24-20(27)18-13-15-7-4-5-8-16(15)14-25(18)22(24)30/h4-5,7-8,17-18H,2-3,6,9-14H2,1H3,(H,23,26)(H,28,29)/t17-,18-/m1/s1. The maximum absolute atomic E-state index is 12.7. The number of fused-ring (bicyclic) bond motifs is 2. The van der Waals surface area contributed by atoms with Gasteiger partial charge < -0.3 is 15.3 Å². The molecular formula is C22H29N3O5S. The van der Waals surface area contributed by atoms with Crippen LogP contribution >= 0.6 is 11.8 Å². The first-order valence-corrected chi connectivity index (χ1v) is 12.0. The van der Waals surface area contributed by atoms with Crippen LogP contribution in [0.25, 0.3) is 0 Å². The molecule has 0 bridgehead atoms. The summed E-state index contributed by atoms with van der Waals surface area (Å²) in [7, 11) is 0. The summed E-state index contributed by atoms with van der Waals surface area (Å²) in [5.74, 6) is -0.780. The zero-order valence-corrected chi connectivity index (χ0v) is 18.5. The third-order valence-electron chi connectivity index (χ3n) is 5.81. The fourth-order valence-corrected chi connectivity index (χ4v) is 4.54. The van der Waals surface area contributed by atoms with Gasteiger partial charge in [0.15, 0.2) is 0 Å². The quantitative estimate of drug-likeness (QED) is 0.398. The molecule has 8 nitrogen and oxygen atoms in total. The van der Waals surface area contributed by atoms with Crippen LogP contribution in [-0.4, -0.2) is 69.4 Å². The van der Waals surface area contributed by atoms with Gasteiger partial charge in [0, 0.05) is 25.9 Å². The van der Waals surface area contributed by atoms with Crippen molar-refractivity contribution in [2.24, 2.45) is 0 Å². The first-order valence-electron chi connectivity index (χ1n) is 10.6. The highest BCUT2D eigenvalue weighted by Gasteiger charge is 2.46. The number of benzene rings is 1. The van der Waals surface area contributed by atoms with Crippen LogP contribution in [0.15, 0.2) is 24.3 Å². The van der Waals surface area contributed by atoms with E-state index in [-0.39, 0.29) is 24.3 Å². The Morgan fingerprint density at radius 3 is 2.65 bits per heavy atom. The van der Waals surface area contributed by atoms with Crippen molar-refractivity contribution in [1.82, 2.24) is 15.1 Å². The molecule has 168 valence electrons. The van der Waals surface area contributed by atoms with E-state index in [1.54, 1.807) is 4.90 Å². The number of nitrogens with zero attached hydrogens (tertiary/aromatic N) is 2. The van der Waals surface area contributed by atoms with Gasteiger partial charge in [0.1, 0.15) is 12.1 Å². The number of amides is 4. The van der Waals surface area contributed by atoms with E-state index in [1.165, 1.54) is 16.7 Å². The van der Waals surface area contributed by atoms with Crippen molar-refractivity contribution in [3.63, 3.8) is 0 Å². The summed E-state index contributed by atoms with van der Waals surface area (Å²) in [4.78, 5) is 51.7. The zero-order valence-electron chi connectivity index (χ0n) is 17.7. The molecule has 0 radical (unpaired) electrons. The minimum Gasteiger partial charge on any atom is -0.480 e. The van der Waals surface area contributed by atoms with Gasteiger partial charge in [0.25, 0.3) is 5.91 Å². The normalized spacial score (nSPS) is 18.5. The van der Waals surface area contributed by atoms with Crippen LogP contribution in [0.2, 0.25) is 0 Å². The van der Waals surface area contributed by atoms with E-state index in [0.717, 1.165) is 11.1 Å². The Kier molecular flexibility index (Phi) is 7.95. The van der Waals surface area contributed by atoms with E-state index < -0.39 is 18.1 Å². The van der Waals surface area contributed by atoms with E-state index in [2.05, 4.69) is 5.32 Å². The number of carboxylic acid groups (broad SMARTS) is 1. The SMILES string of the molecule is CSCC[C@@H](NC(=O)CCCCCN1C(=O)[C@H]2Cc3ccccc3CN2C1=O)C(=O)O. The molecular weight excluding hydrogens is 418 g/mol. The number of carbonyl (C=O) groups excluding carboxylic acids is 3. The number of unbranched alkanes of at least 4 members (excludes halogenated alkanes) is 2. The second-order valence-corrected chi connectivity index (χ2v) is 8.93. The second-order valence-electron chi connectivity index (χ2n) is 7.94. The zero-order chi connectivity index (χ0) is 22.4. The minimum atomic E-state index is -1.02. The number of hydrogen-bond acceptors (Lipinski definition) is 5. The van der Waals surface area contributed by atoms with Gasteiger partial charge in [-0.3, -0.25) is 14.5 Å². The highest BCUT2D eigenvalue weighted by Crippen LogP contribution is 2.30. The molecule has 1 fully saturated rings. The number of urea groups is 1. The highest BCUT2D eigenvalue weighted by molar-refractivity contribution is 7.98. The van der Waals surface area contributed by atoms with Gasteiger partial charge in [-0.15, -0.1) is 0 Å². The first kappa shape index (κ1) is 23.1. The average molecular weight is 448 g/mol. The molecule has 2 aliphatic rings. The molecule has 1 aromatic rings. The van der Waals surface area contributed by atoms with Crippen molar-refractivity contribution >= 4 is 35.6 Å². The predicted molar refractivity (Wildman–Crippen MR) is 118 cm³/mol. The number of imide groups is 1. The van der Waals surface area contributed by atoms with E-state index >= 15 is 0 Å². The molecule has 0 aliphatic carbocycles. The molecule has 0 aromatic heterocycles. The van der Waals surface area contributed by atoms with E-state index in [0.29, 0.717) is 50.9 Å². The predicted octanol–water partition coefficient (Wildman–Crippen LogP) is 2.26. The van der Waals surface area contributed by atoms with Crippen LogP contribution in [0.1, 0.15) is 43.2 Å². The fourth-order valence-electron chi connectivity index (χ4n) is 4.07. The van der Waals surface area contributed by atoms with Gasteiger partial charge in [-0.2, -0.15) is 11.8 Å². The Morgan fingerprint density at radius 2 is 1.94 bits per heavy atom. The van der Waals surface area contributed by atoms with Crippen molar-refractivity contribution in [3.8, 4) is 0 Å². The largest absolute Gasteiger partial charge is 0.480 e. The summed E-state index contributed by atoms with van der Waals surface area (Å²) < 4.78 is 0. The third kappa shape index (κ3) is 5.58. The van der Waals surface area contributed by atoms with Crippen molar-refractivity contribution in [1.29, 1.82) is 0 Å². The van der Waals surface area contributed by atoms with Crippen LogP contribution < -0.4 is 5.32 Å². The molecule has 1 aromatic carbocycles. The lowest BCUT2D eigenvalue weighted by atomic mass is 9.95. The topological polar surface area (TPSA) is 107 Å². The monoisotopic (exact) mass is 447 g/mol. The smallest absolute Gasteiger partial charge is 0.327 e. The van der Waals surface area contributed by atoms with Crippen molar-refractivity contribution in [2.75, 3.05) is 18.6 Å². The second kappa shape index (κ2) is 10.7. The lowest BCUT2D eigenvalue weighted by molar-refractivity contribution is -0.141. The number of thioether (sulfide) groups is 1. The third-order valence-corrected chi connectivity index (χ3v) is 6.45. The number of aliphatic carboxylic acids is 1. The molecule has 0 spiro atoms. The molecule has 31 heavy (non-hydrogen) atoms. The average Bonchev–Trinajstić information content (AvgIpc) is 2.98. The van der Waals surface area contributed by atoms with Crippen LogP contribution in [0.5, 0.6) is 0 Å². The summed E-state index contributed by atoms with van der Waals surface area (Å²) in [6.45, 7) is 0.803. The summed E-state index contributed by atoms with van der Waals surface area (Å²) in [5, 5.41) is 11.7. The number of carboxylic acids is 1. The van der Waals surface area contributed by atoms with E-state index in [1.807, 2.05) is 30.5 Å². The Balaban J connectivity index is 1.40. The van der Waals surface area contributed by atoms with Crippen LogP contribution in [0.3, 0.4) is 0 Å². The summed E-state index contributed by atoms with van der Waals surface area (Å²) in [6.07, 6.45) is 4.94. The van der Waals surface area contributed by atoms with Crippen LogP contribution in [0, 0.1) is 0 Å². The Labute approximate surface area is 186 Å². The Bertz CT molecular complexity index is 803. The maximum Gasteiger partial charge on any atom is 0.327 e. The lowest BCUT2D eigenvalue weighted by Gasteiger charge is -2.28. The van der Waals surface area contributed by atoms with E-state index in [9.17, 15) is 24.3 Å². The van der Waals surface area contributed by atoms with Crippen molar-refractivity contribution in [3.05, 3.63) is 35.4 Å². The minimum absolute atomic E-state index is 0.143. The van der Waals surface area contributed by atoms with Crippen LogP contribution in [0.4, 0.5) is 4.79 Å². The maximum atomic E-state index is 12.7. The summed E-state index contributed by atoms with van der Waals surface area (Å²) >= 11 is 1.54. The van der Waals surface area contributed by atoms with Gasteiger partial charge in [0.2, 0.25) is 5.91 Å². The lowest BCUT2D eigenvalue weighted by Crippen LogP contribution is -2.41. The molecule has 2 N–H and O–H groups in total. The Hall–Kier alpha value is -2.55. The van der Waals surface area contributed by atoms with E-state index in [4.69, 9.17) is 0 Å². The molecule has 2 aliphatic heterocycles. The molecule has 3 rings (SSSR count). The molecule has 2 atom stereocenters. The van der Waals surface area contributed by atoms with Gasteiger partial charge in [-0.05, 0) is 42.4 Å². The Morgan fingerprint density at radius 1 is 1.19 bits per heavy atom.